The van der Waals surface area contributed by atoms with Crippen molar-refractivity contribution in [3.8, 4) is 11.5 Å². The molecule has 27 heavy (non-hydrogen) atoms. The highest BCUT2D eigenvalue weighted by Gasteiger charge is 2.32. The molecule has 0 bridgehead atoms. The number of phenolic OH excluding ortho intramolecular Hbond substituents is 1. The van der Waals surface area contributed by atoms with Gasteiger partial charge in [0.05, 0.1) is 17.2 Å². The number of ether oxygens (including phenoxy) is 1. The Morgan fingerprint density at radius 2 is 2.00 bits per heavy atom. The Morgan fingerprint density at radius 1 is 1.15 bits per heavy atom. The Kier molecular flexibility index (Phi) is 3.79. The molecule has 1 atom stereocenters. The van der Waals surface area contributed by atoms with Gasteiger partial charge in [-0.2, -0.15) is 0 Å². The van der Waals surface area contributed by atoms with Crippen LogP contribution >= 0.6 is 0 Å². The normalized spacial score (nSPS) is 19.3. The van der Waals surface area contributed by atoms with Crippen LogP contribution in [0.1, 0.15) is 0 Å². The van der Waals surface area contributed by atoms with Gasteiger partial charge in [0.1, 0.15) is 30.3 Å². The van der Waals surface area contributed by atoms with E-state index in [4.69, 9.17) is 12.7 Å². The van der Waals surface area contributed by atoms with Crippen LogP contribution in [0.5, 0.6) is 11.5 Å². The molecule has 2 aliphatic rings. The van der Waals surface area contributed by atoms with Gasteiger partial charge in [-0.1, -0.05) is 0 Å². The fraction of sp³-hybridized carbons (Fsp3) is 0.263. The Balaban J connectivity index is 1.56. The van der Waals surface area contributed by atoms with Gasteiger partial charge in [0.2, 0.25) is 0 Å². The monoisotopic (exact) mass is 359 g/mol. The first-order valence-electron chi connectivity index (χ1n) is 8.91. The van der Waals surface area contributed by atoms with Gasteiger partial charge in [-0.15, -0.1) is 0 Å². The number of phenols is 1. The van der Waals surface area contributed by atoms with Crippen molar-refractivity contribution >= 4 is 36.1 Å². The number of nitrogens with one attached hydrogen (secondary N) is 1. The van der Waals surface area contributed by atoms with Crippen LogP contribution < -0.4 is 15.0 Å². The van der Waals surface area contributed by atoms with E-state index in [2.05, 4.69) is 26.3 Å². The summed E-state index contributed by atoms with van der Waals surface area (Å²) < 4.78 is 5.99. The number of benzene rings is 2. The van der Waals surface area contributed by atoms with Gasteiger partial charge in [0.15, 0.2) is 7.98 Å². The highest BCUT2D eigenvalue weighted by molar-refractivity contribution is 6.04. The van der Waals surface area contributed by atoms with Crippen LogP contribution in [0.4, 0.5) is 17.2 Å². The van der Waals surface area contributed by atoms with Crippen molar-refractivity contribution in [2.45, 2.75) is 6.04 Å². The largest absolute Gasteiger partial charge is 0.508 e. The third-order valence-electron chi connectivity index (χ3n) is 5.10. The summed E-state index contributed by atoms with van der Waals surface area (Å²) in [5.74, 6) is 1.79. The summed E-state index contributed by atoms with van der Waals surface area (Å²) in [5, 5.41) is 13.7. The number of fused-ring (bicyclic) bond motifs is 4. The SMILES string of the molecule is [B]N1CCN2c3cc4c(Nc5ccc(O)cc5)ncnc4cc3OCC2C1. The number of anilines is 3. The highest BCUT2D eigenvalue weighted by Crippen LogP contribution is 2.39. The minimum atomic E-state index is 0.226. The summed E-state index contributed by atoms with van der Waals surface area (Å²) >= 11 is 0. The number of piperazine rings is 1. The molecule has 3 heterocycles. The van der Waals surface area contributed by atoms with Crippen LogP contribution in [0.2, 0.25) is 0 Å². The number of aromatic nitrogens is 2. The standard InChI is InChI=1S/C19H18BN5O2/c20-24-5-6-25-13(9-24)10-27-18-8-16-15(7-17(18)25)19(22-11-21-16)23-12-1-3-14(26)4-2-12/h1-4,7-8,11,13,26H,5-6,9-10H2,(H,21,22,23). The van der Waals surface area contributed by atoms with Crippen LogP contribution in [0, 0.1) is 0 Å². The minimum Gasteiger partial charge on any atom is -0.508 e. The average Bonchev–Trinajstić information content (AvgIpc) is 2.68. The van der Waals surface area contributed by atoms with Crippen molar-refractivity contribution < 1.29 is 9.84 Å². The third kappa shape index (κ3) is 2.92. The Hall–Kier alpha value is -3.00. The van der Waals surface area contributed by atoms with E-state index in [1.807, 2.05) is 10.9 Å². The fourth-order valence-electron chi connectivity index (χ4n) is 3.72. The van der Waals surface area contributed by atoms with Gasteiger partial charge in [0.25, 0.3) is 0 Å². The van der Waals surface area contributed by atoms with Crippen LogP contribution in [-0.4, -0.2) is 60.1 Å². The van der Waals surface area contributed by atoms with Gasteiger partial charge >= 0.3 is 0 Å². The van der Waals surface area contributed by atoms with E-state index in [0.717, 1.165) is 47.7 Å². The van der Waals surface area contributed by atoms with Crippen molar-refractivity contribution in [3.05, 3.63) is 42.7 Å². The zero-order valence-corrected chi connectivity index (χ0v) is 14.7. The molecule has 0 amide bonds. The van der Waals surface area contributed by atoms with Crippen molar-refractivity contribution in [3.63, 3.8) is 0 Å². The lowest BCUT2D eigenvalue weighted by Crippen LogP contribution is -2.56. The molecule has 0 aliphatic carbocycles. The predicted octanol–water partition coefficient (Wildman–Crippen LogP) is 2.05. The van der Waals surface area contributed by atoms with E-state index in [1.165, 1.54) is 6.33 Å². The molecule has 2 aromatic carbocycles. The number of aromatic hydroxyl groups is 1. The van der Waals surface area contributed by atoms with Gasteiger partial charge in [-0.25, -0.2) is 9.97 Å². The molecule has 2 aliphatic heterocycles. The van der Waals surface area contributed by atoms with E-state index in [1.54, 1.807) is 24.3 Å². The van der Waals surface area contributed by atoms with Crippen LogP contribution in [-0.2, 0) is 0 Å². The lowest BCUT2D eigenvalue weighted by Gasteiger charge is -2.45. The first kappa shape index (κ1) is 16.2. The molecule has 1 fully saturated rings. The van der Waals surface area contributed by atoms with E-state index < -0.39 is 0 Å². The Labute approximate surface area is 158 Å². The number of hydrogen-bond donors (Lipinski definition) is 2. The van der Waals surface area contributed by atoms with E-state index >= 15 is 0 Å². The maximum absolute atomic E-state index is 9.47. The van der Waals surface area contributed by atoms with Crippen molar-refractivity contribution in [1.82, 2.24) is 14.8 Å². The fourth-order valence-corrected chi connectivity index (χ4v) is 3.72. The molecule has 1 unspecified atom stereocenters. The molecule has 1 aromatic heterocycles. The lowest BCUT2D eigenvalue weighted by molar-refractivity contribution is 0.218. The van der Waals surface area contributed by atoms with E-state index in [-0.39, 0.29) is 11.8 Å². The molecular formula is C19H18BN5O2. The second kappa shape index (κ2) is 6.31. The number of rotatable bonds is 2. The maximum atomic E-state index is 9.47. The quantitative estimate of drug-likeness (QED) is 0.536. The van der Waals surface area contributed by atoms with Gasteiger partial charge in [-0.3, -0.25) is 0 Å². The van der Waals surface area contributed by atoms with Gasteiger partial charge in [0, 0.05) is 36.8 Å². The molecule has 0 saturated carbocycles. The molecule has 2 N–H and O–H groups in total. The zero-order valence-electron chi connectivity index (χ0n) is 14.7. The summed E-state index contributed by atoms with van der Waals surface area (Å²) in [4.78, 5) is 13.0. The predicted molar refractivity (Wildman–Crippen MR) is 105 cm³/mol. The van der Waals surface area contributed by atoms with Crippen molar-refractivity contribution in [2.75, 3.05) is 36.5 Å². The van der Waals surface area contributed by atoms with Crippen molar-refractivity contribution in [1.29, 1.82) is 0 Å². The summed E-state index contributed by atoms with van der Waals surface area (Å²) in [5.41, 5.74) is 2.72. The highest BCUT2D eigenvalue weighted by atomic mass is 16.5. The molecule has 2 radical (unpaired) electrons. The molecule has 134 valence electrons. The Bertz CT molecular complexity index is 997. The molecule has 5 rings (SSSR count). The molecule has 3 aromatic rings. The molecule has 0 spiro atoms. The van der Waals surface area contributed by atoms with E-state index in [0.29, 0.717) is 12.4 Å². The maximum Gasteiger partial charge on any atom is 0.182 e. The first-order chi connectivity index (χ1) is 13.2. The smallest absolute Gasteiger partial charge is 0.182 e. The Morgan fingerprint density at radius 3 is 2.85 bits per heavy atom. The molecule has 1 saturated heterocycles. The summed E-state index contributed by atoms with van der Waals surface area (Å²) in [6.45, 7) is 3.08. The van der Waals surface area contributed by atoms with Crippen LogP contribution in [0.15, 0.2) is 42.7 Å². The summed E-state index contributed by atoms with van der Waals surface area (Å²) in [7, 11) is 5.98. The molecule has 8 heteroatoms. The minimum absolute atomic E-state index is 0.226. The van der Waals surface area contributed by atoms with Crippen molar-refractivity contribution in [2.24, 2.45) is 0 Å². The average molecular weight is 359 g/mol. The topological polar surface area (TPSA) is 73.8 Å². The zero-order chi connectivity index (χ0) is 18.4. The van der Waals surface area contributed by atoms with Crippen LogP contribution in [0.3, 0.4) is 0 Å². The second-order valence-corrected chi connectivity index (χ2v) is 6.88. The van der Waals surface area contributed by atoms with Gasteiger partial charge in [-0.05, 0) is 30.3 Å². The van der Waals surface area contributed by atoms with Gasteiger partial charge < -0.3 is 24.9 Å². The lowest BCUT2D eigenvalue weighted by atomic mass is 10.0. The second-order valence-electron chi connectivity index (χ2n) is 6.88. The molecular weight excluding hydrogens is 341 g/mol. The van der Waals surface area contributed by atoms with E-state index in [9.17, 15) is 5.11 Å². The number of hydrogen-bond acceptors (Lipinski definition) is 7. The summed E-state index contributed by atoms with van der Waals surface area (Å²) in [6.07, 6.45) is 1.54. The molecule has 7 nitrogen and oxygen atoms in total. The first-order valence-corrected chi connectivity index (χ1v) is 8.91. The summed E-state index contributed by atoms with van der Waals surface area (Å²) in [6, 6.07) is 11.2. The number of nitrogens with zero attached hydrogens (tertiary/aromatic N) is 4. The van der Waals surface area contributed by atoms with Crippen LogP contribution in [0.25, 0.3) is 10.9 Å². The third-order valence-corrected chi connectivity index (χ3v) is 5.10.